The fraction of sp³-hybridized carbons (Fsp3) is 0.111. The largest absolute Gasteiger partial charge is 0.490 e. The van der Waals surface area contributed by atoms with Gasteiger partial charge in [-0.15, -0.1) is 0 Å². The summed E-state index contributed by atoms with van der Waals surface area (Å²) in [5.41, 5.74) is 0. The van der Waals surface area contributed by atoms with Gasteiger partial charge >= 0.3 is 0 Å². The van der Waals surface area contributed by atoms with Gasteiger partial charge in [0, 0.05) is 4.47 Å². The molecule has 21 heavy (non-hydrogen) atoms. The molecule has 0 spiro atoms. The summed E-state index contributed by atoms with van der Waals surface area (Å²) in [4.78, 5) is 0. The van der Waals surface area contributed by atoms with Crippen molar-refractivity contribution in [3.63, 3.8) is 0 Å². The molecule has 0 unspecified atom stereocenters. The van der Waals surface area contributed by atoms with Crippen LogP contribution < -0.4 is 9.47 Å². The highest BCUT2D eigenvalue weighted by atomic mass is 79.9. The molecular formula is C18H15BrO2. The van der Waals surface area contributed by atoms with Crippen LogP contribution in [-0.2, 0) is 0 Å². The zero-order valence-corrected chi connectivity index (χ0v) is 13.0. The Balaban J connectivity index is 1.54. The van der Waals surface area contributed by atoms with Crippen molar-refractivity contribution in [3.05, 3.63) is 71.2 Å². The van der Waals surface area contributed by atoms with E-state index in [1.54, 1.807) is 0 Å². The summed E-state index contributed by atoms with van der Waals surface area (Å²) in [5, 5.41) is 2.40. The molecule has 0 aliphatic rings. The van der Waals surface area contributed by atoms with Gasteiger partial charge in [0.2, 0.25) is 0 Å². The molecule has 2 nitrogen and oxygen atoms in total. The molecule has 0 saturated carbocycles. The number of rotatable bonds is 5. The van der Waals surface area contributed by atoms with Gasteiger partial charge in [-0.1, -0.05) is 52.3 Å². The molecule has 0 radical (unpaired) electrons. The van der Waals surface area contributed by atoms with Gasteiger partial charge in [0.15, 0.2) is 0 Å². The lowest BCUT2D eigenvalue weighted by atomic mass is 10.1. The maximum Gasteiger partial charge on any atom is 0.122 e. The fourth-order valence-corrected chi connectivity index (χ4v) is 2.51. The number of hydrogen-bond donors (Lipinski definition) is 0. The lowest BCUT2D eigenvalue weighted by molar-refractivity contribution is 0.217. The fourth-order valence-electron chi connectivity index (χ4n) is 2.13. The third kappa shape index (κ3) is 3.76. The van der Waals surface area contributed by atoms with Crippen molar-refractivity contribution in [1.82, 2.24) is 0 Å². The number of hydrogen-bond acceptors (Lipinski definition) is 2. The Bertz CT molecular complexity index is 740. The summed E-state index contributed by atoms with van der Waals surface area (Å²) in [7, 11) is 0. The molecule has 0 N–H and O–H groups in total. The van der Waals surface area contributed by atoms with Crippen LogP contribution in [0.15, 0.2) is 71.2 Å². The van der Waals surface area contributed by atoms with Gasteiger partial charge in [-0.25, -0.2) is 0 Å². The van der Waals surface area contributed by atoms with E-state index in [-0.39, 0.29) is 0 Å². The summed E-state index contributed by atoms with van der Waals surface area (Å²) in [6.45, 7) is 1.04. The maximum absolute atomic E-state index is 5.73. The number of ether oxygens (including phenoxy) is 2. The average Bonchev–Trinajstić information content (AvgIpc) is 2.51. The molecule has 3 heteroatoms. The van der Waals surface area contributed by atoms with Gasteiger partial charge in [-0.2, -0.15) is 0 Å². The summed E-state index contributed by atoms with van der Waals surface area (Å²) in [6, 6.07) is 22.1. The van der Waals surface area contributed by atoms with Crippen LogP contribution in [-0.4, -0.2) is 13.2 Å². The quantitative estimate of drug-likeness (QED) is 0.603. The summed E-state index contributed by atoms with van der Waals surface area (Å²) in [6.07, 6.45) is 0. The Hall–Kier alpha value is -2.00. The highest BCUT2D eigenvalue weighted by molar-refractivity contribution is 9.10. The van der Waals surface area contributed by atoms with Crippen molar-refractivity contribution in [2.24, 2.45) is 0 Å². The molecule has 106 valence electrons. The lowest BCUT2D eigenvalue weighted by Gasteiger charge is -2.09. The molecule has 0 fully saturated rings. The van der Waals surface area contributed by atoms with Crippen LogP contribution in [0.3, 0.4) is 0 Å². The average molecular weight is 343 g/mol. The molecule has 0 bridgehead atoms. The van der Waals surface area contributed by atoms with Crippen LogP contribution in [0.5, 0.6) is 11.5 Å². The highest BCUT2D eigenvalue weighted by Crippen LogP contribution is 2.21. The number of fused-ring (bicyclic) bond motifs is 1. The SMILES string of the molecule is Brc1cccc(OCCOc2ccc3ccccc3c2)c1. The molecule has 0 aliphatic heterocycles. The van der Waals surface area contributed by atoms with Crippen LogP contribution >= 0.6 is 15.9 Å². The first kappa shape index (κ1) is 14.0. The van der Waals surface area contributed by atoms with E-state index in [0.717, 1.165) is 16.0 Å². The smallest absolute Gasteiger partial charge is 0.122 e. The van der Waals surface area contributed by atoms with Gasteiger partial charge < -0.3 is 9.47 Å². The van der Waals surface area contributed by atoms with E-state index in [4.69, 9.17) is 9.47 Å². The van der Waals surface area contributed by atoms with E-state index < -0.39 is 0 Å². The molecule has 3 rings (SSSR count). The normalized spacial score (nSPS) is 10.5. The zero-order valence-electron chi connectivity index (χ0n) is 11.5. The monoisotopic (exact) mass is 342 g/mol. The van der Waals surface area contributed by atoms with Crippen LogP contribution in [0, 0.1) is 0 Å². The van der Waals surface area contributed by atoms with Gasteiger partial charge in [0.1, 0.15) is 24.7 Å². The Labute approximate surface area is 132 Å². The topological polar surface area (TPSA) is 18.5 Å². The Morgan fingerprint density at radius 2 is 1.38 bits per heavy atom. The molecule has 3 aromatic carbocycles. The maximum atomic E-state index is 5.73. The standard InChI is InChI=1S/C18H15BrO2/c19-16-6-3-7-17(13-16)20-10-11-21-18-9-8-14-4-1-2-5-15(14)12-18/h1-9,12-13H,10-11H2. The molecular weight excluding hydrogens is 328 g/mol. The van der Waals surface area contributed by atoms with Gasteiger partial charge in [0.05, 0.1) is 0 Å². The second-order valence-corrected chi connectivity index (χ2v) is 5.58. The molecule has 0 aliphatic carbocycles. The summed E-state index contributed by atoms with van der Waals surface area (Å²) < 4.78 is 12.4. The Morgan fingerprint density at radius 1 is 0.667 bits per heavy atom. The van der Waals surface area contributed by atoms with Gasteiger partial charge in [0.25, 0.3) is 0 Å². The van der Waals surface area contributed by atoms with E-state index in [2.05, 4.69) is 40.2 Å². The van der Waals surface area contributed by atoms with Crippen molar-refractivity contribution in [2.75, 3.05) is 13.2 Å². The van der Waals surface area contributed by atoms with Crippen molar-refractivity contribution < 1.29 is 9.47 Å². The van der Waals surface area contributed by atoms with E-state index >= 15 is 0 Å². The Morgan fingerprint density at radius 3 is 2.14 bits per heavy atom. The van der Waals surface area contributed by atoms with Gasteiger partial charge in [-0.05, 0) is 41.1 Å². The minimum absolute atomic E-state index is 0.517. The van der Waals surface area contributed by atoms with Crippen molar-refractivity contribution >= 4 is 26.7 Å². The molecule has 0 heterocycles. The number of halogens is 1. The van der Waals surface area contributed by atoms with E-state index in [1.165, 1.54) is 10.8 Å². The molecule has 0 aromatic heterocycles. The third-order valence-electron chi connectivity index (χ3n) is 3.14. The second-order valence-electron chi connectivity index (χ2n) is 4.66. The molecule has 0 saturated heterocycles. The summed E-state index contributed by atoms with van der Waals surface area (Å²) in [5.74, 6) is 1.71. The predicted octanol–water partition coefficient (Wildman–Crippen LogP) is 5.06. The predicted molar refractivity (Wildman–Crippen MR) is 89.1 cm³/mol. The van der Waals surface area contributed by atoms with Crippen LogP contribution in [0.4, 0.5) is 0 Å². The van der Waals surface area contributed by atoms with E-state index in [1.807, 2.05) is 42.5 Å². The number of benzene rings is 3. The minimum Gasteiger partial charge on any atom is -0.490 e. The van der Waals surface area contributed by atoms with Crippen LogP contribution in [0.2, 0.25) is 0 Å². The first-order valence-corrected chi connectivity index (χ1v) is 7.60. The third-order valence-corrected chi connectivity index (χ3v) is 3.63. The van der Waals surface area contributed by atoms with E-state index in [9.17, 15) is 0 Å². The van der Waals surface area contributed by atoms with E-state index in [0.29, 0.717) is 13.2 Å². The highest BCUT2D eigenvalue weighted by Gasteiger charge is 1.98. The summed E-state index contributed by atoms with van der Waals surface area (Å²) >= 11 is 3.42. The minimum atomic E-state index is 0.517. The second kappa shape index (κ2) is 6.64. The first-order valence-electron chi connectivity index (χ1n) is 6.81. The Kier molecular flexibility index (Phi) is 4.41. The van der Waals surface area contributed by atoms with Crippen molar-refractivity contribution in [1.29, 1.82) is 0 Å². The first-order chi connectivity index (χ1) is 10.3. The molecule has 0 amide bonds. The zero-order chi connectivity index (χ0) is 14.5. The van der Waals surface area contributed by atoms with Crippen LogP contribution in [0.1, 0.15) is 0 Å². The van der Waals surface area contributed by atoms with Gasteiger partial charge in [-0.3, -0.25) is 0 Å². The van der Waals surface area contributed by atoms with Crippen LogP contribution in [0.25, 0.3) is 10.8 Å². The molecule has 0 atom stereocenters. The van der Waals surface area contributed by atoms with Crippen molar-refractivity contribution in [3.8, 4) is 11.5 Å². The lowest BCUT2D eigenvalue weighted by Crippen LogP contribution is -2.08. The van der Waals surface area contributed by atoms with Crippen molar-refractivity contribution in [2.45, 2.75) is 0 Å². The molecule has 3 aromatic rings.